The molecule has 0 N–H and O–H groups in total. The lowest BCUT2D eigenvalue weighted by atomic mass is 10.0. The summed E-state index contributed by atoms with van der Waals surface area (Å²) < 4.78 is 5.20. The summed E-state index contributed by atoms with van der Waals surface area (Å²) in [6.07, 6.45) is 1.60. The monoisotopic (exact) mass is 454 g/mol. The molecule has 1 aliphatic carbocycles. The van der Waals surface area contributed by atoms with E-state index in [0.29, 0.717) is 16.1 Å². The predicted molar refractivity (Wildman–Crippen MR) is 128 cm³/mol. The van der Waals surface area contributed by atoms with Crippen LogP contribution in [0.5, 0.6) is 5.75 Å². The third-order valence-corrected chi connectivity index (χ3v) is 7.49. The van der Waals surface area contributed by atoms with Gasteiger partial charge in [0.1, 0.15) is 15.8 Å². The van der Waals surface area contributed by atoms with Gasteiger partial charge in [0.2, 0.25) is 0 Å². The van der Waals surface area contributed by atoms with Crippen molar-refractivity contribution in [3.8, 4) is 16.3 Å². The summed E-state index contributed by atoms with van der Waals surface area (Å²) in [6.45, 7) is 0. The molecule has 0 saturated carbocycles. The second-order valence-corrected chi connectivity index (χ2v) is 9.36. The van der Waals surface area contributed by atoms with Crippen LogP contribution < -0.4 is 4.74 Å². The number of methoxy groups -OCH3 is 1. The molecule has 6 rings (SSSR count). The highest BCUT2D eigenvalue weighted by atomic mass is 32.1. The van der Waals surface area contributed by atoms with Gasteiger partial charge >= 0.3 is 0 Å². The minimum Gasteiger partial charge on any atom is -0.497 e. The molecule has 0 atom stereocenters. The average molecular weight is 455 g/mol. The molecule has 2 heterocycles. The Morgan fingerprint density at radius 1 is 0.812 bits per heavy atom. The summed E-state index contributed by atoms with van der Waals surface area (Å²) in [7, 11) is 1.63. The van der Waals surface area contributed by atoms with Crippen LogP contribution in [0.25, 0.3) is 37.1 Å². The molecule has 0 fully saturated rings. The topological polar surface area (TPSA) is 69.2 Å². The van der Waals surface area contributed by atoms with E-state index in [1.165, 1.54) is 22.7 Å². The van der Waals surface area contributed by atoms with Crippen molar-refractivity contribution in [3.63, 3.8) is 0 Å². The van der Waals surface area contributed by atoms with Crippen molar-refractivity contribution in [3.05, 3.63) is 82.4 Å². The molecule has 0 radical (unpaired) electrons. The molecule has 5 nitrogen and oxygen atoms in total. The van der Waals surface area contributed by atoms with E-state index in [0.717, 1.165) is 36.8 Å². The van der Waals surface area contributed by atoms with Gasteiger partial charge in [-0.2, -0.15) is 0 Å². The zero-order valence-corrected chi connectivity index (χ0v) is 18.4. The second-order valence-electron chi connectivity index (χ2n) is 7.37. The first kappa shape index (κ1) is 19.0. The Morgan fingerprint density at radius 3 is 2.03 bits per heavy atom. The predicted octanol–water partition coefficient (Wildman–Crippen LogP) is 6.04. The van der Waals surface area contributed by atoms with E-state index in [4.69, 9.17) is 4.74 Å². The standard InChI is InChI=1S/C25H14N2O3S2/c1-30-16-8-6-13(7-9-16)23-27-25-24(32-23)26-20(31-25)12-19-21(28)17-10-14-4-2-3-5-15(14)11-18(17)22(19)29/h2-12H,1H3. The molecular weight excluding hydrogens is 440 g/mol. The number of hydrogen-bond donors (Lipinski definition) is 0. The molecule has 0 spiro atoms. The van der Waals surface area contributed by atoms with Crippen LogP contribution in [0.3, 0.4) is 0 Å². The van der Waals surface area contributed by atoms with Gasteiger partial charge in [-0.25, -0.2) is 9.97 Å². The third kappa shape index (κ3) is 2.97. The molecular formula is C25H14N2O3S2. The first-order chi connectivity index (χ1) is 15.6. The fourth-order valence-electron chi connectivity index (χ4n) is 3.84. The number of benzene rings is 3. The first-order valence-electron chi connectivity index (χ1n) is 9.86. The normalized spacial score (nSPS) is 13.2. The summed E-state index contributed by atoms with van der Waals surface area (Å²) >= 11 is 2.86. The van der Waals surface area contributed by atoms with Crippen LogP contribution in [0.2, 0.25) is 0 Å². The zero-order valence-electron chi connectivity index (χ0n) is 16.8. The van der Waals surface area contributed by atoms with Gasteiger partial charge in [-0.1, -0.05) is 46.9 Å². The lowest BCUT2D eigenvalue weighted by molar-refractivity contribution is 0.0990. The summed E-state index contributed by atoms with van der Waals surface area (Å²) in [5.41, 5.74) is 2.06. The number of fused-ring (bicyclic) bond motifs is 3. The minimum atomic E-state index is -0.249. The number of allylic oxidation sites excluding steroid dienone is 1. The number of hydrogen-bond acceptors (Lipinski definition) is 7. The van der Waals surface area contributed by atoms with E-state index < -0.39 is 0 Å². The SMILES string of the molecule is COc1ccc(-c2nc3sc(C=C4C(=O)c5cc6ccccc6cc5C4=O)nc3s2)cc1. The highest BCUT2D eigenvalue weighted by Gasteiger charge is 2.33. The van der Waals surface area contributed by atoms with Crippen molar-refractivity contribution in [2.75, 3.05) is 7.11 Å². The number of carbonyl (C=O) groups excluding carboxylic acids is 2. The van der Waals surface area contributed by atoms with Crippen LogP contribution in [0, 0.1) is 0 Å². The van der Waals surface area contributed by atoms with Gasteiger partial charge in [0, 0.05) is 16.7 Å². The molecule has 0 amide bonds. The Labute approximate surface area is 190 Å². The fraction of sp³-hybridized carbons (Fsp3) is 0.0400. The summed E-state index contributed by atoms with van der Waals surface area (Å²) in [5.74, 6) is 0.293. The number of Topliss-reactive ketones (excluding diaryl/α,β-unsaturated/α-hetero) is 2. The molecule has 7 heteroatoms. The molecule has 2 aromatic heterocycles. The Balaban J connectivity index is 1.35. The van der Waals surface area contributed by atoms with Crippen molar-refractivity contribution in [2.24, 2.45) is 0 Å². The van der Waals surface area contributed by atoms with Crippen LogP contribution in [-0.4, -0.2) is 28.6 Å². The zero-order chi connectivity index (χ0) is 21.8. The van der Waals surface area contributed by atoms with Gasteiger partial charge in [-0.3, -0.25) is 9.59 Å². The van der Waals surface area contributed by atoms with Crippen molar-refractivity contribution in [1.82, 2.24) is 9.97 Å². The number of ketones is 2. The average Bonchev–Trinajstić information content (AvgIpc) is 3.45. The van der Waals surface area contributed by atoms with E-state index in [9.17, 15) is 9.59 Å². The Kier molecular flexibility index (Phi) is 4.28. The molecule has 0 saturated heterocycles. The van der Waals surface area contributed by atoms with Crippen LogP contribution in [0.15, 0.2) is 66.2 Å². The van der Waals surface area contributed by atoms with E-state index in [1.807, 2.05) is 48.5 Å². The van der Waals surface area contributed by atoms with E-state index >= 15 is 0 Å². The second kappa shape index (κ2) is 7.19. The third-order valence-electron chi connectivity index (χ3n) is 5.46. The molecule has 5 aromatic rings. The van der Waals surface area contributed by atoms with Gasteiger partial charge in [0.25, 0.3) is 0 Å². The quantitative estimate of drug-likeness (QED) is 0.245. The number of thiazole rings is 2. The molecule has 1 aliphatic rings. The van der Waals surface area contributed by atoms with Gasteiger partial charge in [0.15, 0.2) is 21.2 Å². The molecule has 0 aliphatic heterocycles. The van der Waals surface area contributed by atoms with E-state index in [-0.39, 0.29) is 17.1 Å². The number of carbonyl (C=O) groups is 2. The molecule has 3 aromatic carbocycles. The maximum absolute atomic E-state index is 13.0. The van der Waals surface area contributed by atoms with Gasteiger partial charge in [-0.05, 0) is 53.2 Å². The lowest BCUT2D eigenvalue weighted by Gasteiger charge is -2.00. The van der Waals surface area contributed by atoms with E-state index in [1.54, 1.807) is 25.3 Å². The Bertz CT molecular complexity index is 1510. The molecule has 0 bridgehead atoms. The summed E-state index contributed by atoms with van der Waals surface area (Å²) in [6, 6.07) is 19.0. The fourth-order valence-corrected chi connectivity index (χ4v) is 5.84. The van der Waals surface area contributed by atoms with Gasteiger partial charge < -0.3 is 4.74 Å². The molecule has 0 unspecified atom stereocenters. The largest absolute Gasteiger partial charge is 0.497 e. The minimum absolute atomic E-state index is 0.159. The maximum atomic E-state index is 13.0. The smallest absolute Gasteiger partial charge is 0.197 e. The van der Waals surface area contributed by atoms with E-state index in [2.05, 4.69) is 9.97 Å². The number of nitrogens with zero attached hydrogens (tertiary/aromatic N) is 2. The molecule has 32 heavy (non-hydrogen) atoms. The van der Waals surface area contributed by atoms with Crippen molar-refractivity contribution in [2.45, 2.75) is 0 Å². The highest BCUT2D eigenvalue weighted by molar-refractivity contribution is 7.28. The Hall–Kier alpha value is -3.68. The number of ether oxygens (including phenoxy) is 1. The Morgan fingerprint density at radius 2 is 1.44 bits per heavy atom. The van der Waals surface area contributed by atoms with Crippen molar-refractivity contribution >= 4 is 60.7 Å². The number of aromatic nitrogens is 2. The highest BCUT2D eigenvalue weighted by Crippen LogP contribution is 2.36. The van der Waals surface area contributed by atoms with Crippen molar-refractivity contribution < 1.29 is 14.3 Å². The maximum Gasteiger partial charge on any atom is 0.197 e. The lowest BCUT2D eigenvalue weighted by Crippen LogP contribution is -1.99. The van der Waals surface area contributed by atoms with Crippen molar-refractivity contribution in [1.29, 1.82) is 0 Å². The first-order valence-corrected chi connectivity index (χ1v) is 11.5. The van der Waals surface area contributed by atoms with Gasteiger partial charge in [-0.15, -0.1) is 0 Å². The van der Waals surface area contributed by atoms with Crippen LogP contribution in [0.4, 0.5) is 0 Å². The number of rotatable bonds is 3. The van der Waals surface area contributed by atoms with Crippen LogP contribution >= 0.6 is 22.7 Å². The van der Waals surface area contributed by atoms with Crippen LogP contribution in [0.1, 0.15) is 25.7 Å². The van der Waals surface area contributed by atoms with Crippen LogP contribution in [-0.2, 0) is 0 Å². The van der Waals surface area contributed by atoms with Gasteiger partial charge in [0.05, 0.1) is 12.7 Å². The summed E-state index contributed by atoms with van der Waals surface area (Å²) in [5, 5.41) is 3.36. The summed E-state index contributed by atoms with van der Waals surface area (Å²) in [4.78, 5) is 36.8. The molecule has 154 valence electrons.